The first-order chi connectivity index (χ1) is 10.7. The summed E-state index contributed by atoms with van der Waals surface area (Å²) >= 11 is 0. The van der Waals surface area contributed by atoms with Gasteiger partial charge < -0.3 is 5.73 Å². The van der Waals surface area contributed by atoms with E-state index < -0.39 is 29.2 Å². The van der Waals surface area contributed by atoms with Gasteiger partial charge >= 0.3 is 0 Å². The van der Waals surface area contributed by atoms with Crippen LogP contribution in [0, 0.1) is 12.7 Å². The van der Waals surface area contributed by atoms with Gasteiger partial charge in [0.15, 0.2) is 0 Å². The van der Waals surface area contributed by atoms with Crippen LogP contribution in [0.2, 0.25) is 0 Å². The molecule has 3 rings (SSSR count). The molecule has 0 unspecified atom stereocenters. The number of hydrogen-bond donors (Lipinski definition) is 2. The van der Waals surface area contributed by atoms with Gasteiger partial charge in [-0.25, -0.2) is 9.37 Å². The standard InChI is InChI=1S/C14H13FN4O3/c1-6-17-9-5-7(15)4-8(16)12(9)14(22)19(6)10-2-3-11(20)18-13(10)21/h4-5,10H,2-3,16H2,1H3,(H,18,20,21)/t10-/m0/s1/i10D. The fourth-order valence-electron chi connectivity index (χ4n) is 2.56. The zero-order valence-electron chi connectivity index (χ0n) is 12.6. The summed E-state index contributed by atoms with van der Waals surface area (Å²) < 4.78 is 22.7. The molecule has 1 saturated heterocycles. The first-order valence-electron chi connectivity index (χ1n) is 7.07. The van der Waals surface area contributed by atoms with Crippen LogP contribution in [0.1, 0.15) is 26.1 Å². The number of nitrogens with one attached hydrogen (secondary N) is 1. The molecule has 2 heterocycles. The third-order valence-corrected chi connectivity index (χ3v) is 3.51. The zero-order valence-corrected chi connectivity index (χ0v) is 11.6. The third-order valence-electron chi connectivity index (χ3n) is 3.51. The molecule has 0 saturated carbocycles. The molecule has 3 N–H and O–H groups in total. The van der Waals surface area contributed by atoms with Crippen LogP contribution < -0.4 is 16.6 Å². The number of rotatable bonds is 1. The highest BCUT2D eigenvalue weighted by Crippen LogP contribution is 2.22. The average Bonchev–Trinajstić information content (AvgIpc) is 2.42. The van der Waals surface area contributed by atoms with Gasteiger partial charge in [0.25, 0.3) is 5.56 Å². The number of nitrogen functional groups attached to an aromatic ring is 1. The summed E-state index contributed by atoms with van der Waals surface area (Å²) in [6.07, 6.45) is -0.231. The van der Waals surface area contributed by atoms with E-state index in [9.17, 15) is 18.8 Å². The second-order valence-electron chi connectivity index (χ2n) is 5.01. The number of aryl methyl sites for hydroxylation is 1. The molecule has 1 aromatic carbocycles. The number of nitrogens with two attached hydrogens (primary N) is 1. The Kier molecular flexibility index (Phi) is 2.88. The smallest absolute Gasteiger partial charge is 0.264 e. The van der Waals surface area contributed by atoms with Crippen molar-refractivity contribution in [1.29, 1.82) is 0 Å². The molecule has 2 aromatic rings. The van der Waals surface area contributed by atoms with Crippen LogP contribution in [0.25, 0.3) is 10.9 Å². The van der Waals surface area contributed by atoms with Crippen LogP contribution in [-0.2, 0) is 9.59 Å². The van der Waals surface area contributed by atoms with E-state index in [4.69, 9.17) is 7.10 Å². The van der Waals surface area contributed by atoms with Crippen LogP contribution in [0.3, 0.4) is 0 Å². The quantitative estimate of drug-likeness (QED) is 0.586. The molecule has 1 aromatic heterocycles. The van der Waals surface area contributed by atoms with Crippen molar-refractivity contribution in [3.8, 4) is 0 Å². The number of anilines is 1. The number of nitrogens with zero attached hydrogens (tertiary/aromatic N) is 2. The number of amides is 2. The Hall–Kier alpha value is -2.77. The lowest BCUT2D eigenvalue weighted by Gasteiger charge is -2.24. The summed E-state index contributed by atoms with van der Waals surface area (Å²) in [6.45, 7) is 1.43. The number of piperidine rings is 1. The second-order valence-corrected chi connectivity index (χ2v) is 5.01. The van der Waals surface area contributed by atoms with Crippen molar-refractivity contribution in [1.82, 2.24) is 14.9 Å². The fourth-order valence-corrected chi connectivity index (χ4v) is 2.56. The minimum Gasteiger partial charge on any atom is -0.398 e. The highest BCUT2D eigenvalue weighted by Gasteiger charge is 2.30. The van der Waals surface area contributed by atoms with E-state index in [2.05, 4.69) is 10.3 Å². The van der Waals surface area contributed by atoms with Crippen molar-refractivity contribution < 1.29 is 15.4 Å². The van der Waals surface area contributed by atoms with Crippen molar-refractivity contribution in [2.45, 2.75) is 25.8 Å². The first kappa shape index (κ1) is 12.9. The van der Waals surface area contributed by atoms with Crippen LogP contribution in [0.5, 0.6) is 0 Å². The molecular formula is C14H13FN4O3. The number of aromatic nitrogens is 2. The number of carbonyl (C=O) groups is 2. The highest BCUT2D eigenvalue weighted by molar-refractivity contribution is 5.99. The summed E-state index contributed by atoms with van der Waals surface area (Å²) in [4.78, 5) is 40.2. The van der Waals surface area contributed by atoms with Crippen molar-refractivity contribution in [3.63, 3.8) is 0 Å². The number of halogens is 1. The lowest BCUT2D eigenvalue weighted by Crippen LogP contribution is -2.45. The Morgan fingerprint density at radius 3 is 2.86 bits per heavy atom. The van der Waals surface area contributed by atoms with E-state index in [1.54, 1.807) is 0 Å². The molecule has 114 valence electrons. The van der Waals surface area contributed by atoms with Gasteiger partial charge in [-0.05, 0) is 19.4 Å². The monoisotopic (exact) mass is 305 g/mol. The minimum atomic E-state index is -2.00. The maximum Gasteiger partial charge on any atom is 0.264 e. The lowest BCUT2D eigenvalue weighted by atomic mass is 10.1. The molecular weight excluding hydrogens is 291 g/mol. The topological polar surface area (TPSA) is 107 Å². The van der Waals surface area contributed by atoms with Gasteiger partial charge in [0, 0.05) is 18.2 Å². The molecule has 0 radical (unpaired) electrons. The molecule has 2 amide bonds. The van der Waals surface area contributed by atoms with Gasteiger partial charge in [-0.15, -0.1) is 0 Å². The summed E-state index contributed by atoms with van der Waals surface area (Å²) in [5, 5.41) is 1.99. The lowest BCUT2D eigenvalue weighted by molar-refractivity contribution is -0.135. The van der Waals surface area contributed by atoms with Gasteiger partial charge in [0.1, 0.15) is 17.7 Å². The van der Waals surface area contributed by atoms with Crippen molar-refractivity contribution >= 4 is 28.4 Å². The number of benzene rings is 1. The van der Waals surface area contributed by atoms with Crippen molar-refractivity contribution in [2.75, 3.05) is 5.73 Å². The van der Waals surface area contributed by atoms with Gasteiger partial charge in [-0.3, -0.25) is 24.3 Å². The predicted molar refractivity (Wildman–Crippen MR) is 76.5 cm³/mol. The largest absolute Gasteiger partial charge is 0.398 e. The maximum absolute atomic E-state index is 13.4. The third kappa shape index (κ3) is 2.12. The normalized spacial score (nSPS) is 22.5. The van der Waals surface area contributed by atoms with E-state index in [-0.39, 0.29) is 35.3 Å². The number of imide groups is 1. The molecule has 22 heavy (non-hydrogen) atoms. The summed E-state index contributed by atoms with van der Waals surface area (Å²) in [5.41, 5.74) is 4.91. The van der Waals surface area contributed by atoms with Gasteiger partial charge in [0.05, 0.1) is 12.3 Å². The Bertz CT molecular complexity index is 926. The number of carbonyl (C=O) groups excluding carboxylic acids is 2. The first-order valence-corrected chi connectivity index (χ1v) is 6.57. The maximum atomic E-state index is 13.4. The molecule has 7 nitrogen and oxygen atoms in total. The Morgan fingerprint density at radius 2 is 2.18 bits per heavy atom. The Morgan fingerprint density at radius 1 is 1.45 bits per heavy atom. The molecule has 1 fully saturated rings. The highest BCUT2D eigenvalue weighted by atomic mass is 19.1. The minimum absolute atomic E-state index is 0.0529. The number of fused-ring (bicyclic) bond motifs is 1. The Balaban J connectivity index is 2.33. The van der Waals surface area contributed by atoms with Crippen LogP contribution >= 0.6 is 0 Å². The van der Waals surface area contributed by atoms with Crippen LogP contribution in [0.4, 0.5) is 10.1 Å². The number of hydrogen-bond acceptors (Lipinski definition) is 5. The van der Waals surface area contributed by atoms with E-state index in [1.807, 2.05) is 0 Å². The fraction of sp³-hybridized carbons (Fsp3) is 0.286. The summed E-state index contributed by atoms with van der Waals surface area (Å²) in [6, 6.07) is 0.0365. The van der Waals surface area contributed by atoms with Gasteiger partial charge in [0.2, 0.25) is 11.8 Å². The zero-order chi connectivity index (χ0) is 16.9. The van der Waals surface area contributed by atoms with E-state index in [1.165, 1.54) is 6.92 Å². The van der Waals surface area contributed by atoms with E-state index >= 15 is 0 Å². The SMILES string of the molecule is [2H][C@]1(n2c(C)nc3cc(F)cc(N)c3c2=O)CCC(=O)NC1=O. The van der Waals surface area contributed by atoms with Crippen LogP contribution in [0.15, 0.2) is 16.9 Å². The van der Waals surface area contributed by atoms with Gasteiger partial charge in [-0.1, -0.05) is 0 Å². The summed E-state index contributed by atoms with van der Waals surface area (Å²) in [7, 11) is 0. The van der Waals surface area contributed by atoms with Gasteiger partial charge in [-0.2, -0.15) is 0 Å². The molecule has 8 heteroatoms. The van der Waals surface area contributed by atoms with Crippen LogP contribution in [-0.4, -0.2) is 21.4 Å². The van der Waals surface area contributed by atoms with Crippen molar-refractivity contribution in [2.24, 2.45) is 0 Å². The Labute approximate surface area is 125 Å². The predicted octanol–water partition coefficient (Wildman–Crippen LogP) is 0.404. The molecule has 0 aliphatic carbocycles. The van der Waals surface area contributed by atoms with Crippen molar-refractivity contribution in [3.05, 3.63) is 34.1 Å². The molecule has 1 atom stereocenters. The average molecular weight is 305 g/mol. The molecule has 0 spiro atoms. The second kappa shape index (κ2) is 4.90. The molecule has 1 aliphatic heterocycles. The van der Waals surface area contributed by atoms with E-state index in [0.29, 0.717) is 0 Å². The molecule has 1 aliphatic rings. The summed E-state index contributed by atoms with van der Waals surface area (Å²) in [5.74, 6) is -1.98. The van der Waals surface area contributed by atoms with E-state index in [0.717, 1.165) is 16.7 Å². The molecule has 0 bridgehead atoms.